The predicted octanol–water partition coefficient (Wildman–Crippen LogP) is 3.80. The van der Waals surface area contributed by atoms with Crippen molar-refractivity contribution in [3.05, 3.63) is 58.9 Å². The maximum absolute atomic E-state index is 12.9. The monoisotopic (exact) mass is 251 g/mol. The van der Waals surface area contributed by atoms with Crippen LogP contribution in [0.15, 0.2) is 42.5 Å². The highest BCUT2D eigenvalue weighted by molar-refractivity contribution is 6.32. The van der Waals surface area contributed by atoms with Crippen molar-refractivity contribution in [3.63, 3.8) is 0 Å². The Morgan fingerprint density at radius 2 is 1.94 bits per heavy atom. The van der Waals surface area contributed by atoms with Gasteiger partial charge in [0.25, 0.3) is 0 Å². The Morgan fingerprint density at radius 1 is 1.18 bits per heavy atom. The fourth-order valence-corrected chi connectivity index (χ4v) is 1.69. The average Bonchev–Trinajstić information content (AvgIpc) is 2.31. The molecule has 88 valence electrons. The van der Waals surface area contributed by atoms with Crippen LogP contribution in [0.25, 0.3) is 0 Å². The second kappa shape index (κ2) is 5.06. The number of halogens is 2. The molecule has 0 unspecified atom stereocenters. The van der Waals surface area contributed by atoms with Crippen LogP contribution in [-0.2, 0) is 6.54 Å². The van der Waals surface area contributed by atoms with Gasteiger partial charge in [0.1, 0.15) is 11.6 Å². The van der Waals surface area contributed by atoms with Crippen molar-refractivity contribution in [2.24, 2.45) is 0 Å². The fraction of sp³-hybridized carbons (Fsp3) is 0.0769. The minimum Gasteiger partial charge on any atom is -0.506 e. The van der Waals surface area contributed by atoms with Crippen molar-refractivity contribution < 1.29 is 9.50 Å². The molecule has 0 atom stereocenters. The summed E-state index contributed by atoms with van der Waals surface area (Å²) in [5.41, 5.74) is 1.33. The highest BCUT2D eigenvalue weighted by Gasteiger charge is 2.04. The number of anilines is 1. The summed E-state index contributed by atoms with van der Waals surface area (Å²) in [5.74, 6) is -0.247. The van der Waals surface area contributed by atoms with Gasteiger partial charge in [-0.15, -0.1) is 0 Å². The molecule has 2 rings (SSSR count). The lowest BCUT2D eigenvalue weighted by molar-refractivity contribution is 0.469. The summed E-state index contributed by atoms with van der Waals surface area (Å²) in [5, 5.41) is 13.0. The molecule has 0 fully saturated rings. The molecule has 0 amide bonds. The lowest BCUT2D eigenvalue weighted by atomic mass is 10.2. The van der Waals surface area contributed by atoms with Gasteiger partial charge in [0.15, 0.2) is 0 Å². The molecule has 0 saturated carbocycles. The van der Waals surface area contributed by atoms with Crippen molar-refractivity contribution in [2.75, 3.05) is 5.32 Å². The molecule has 2 aromatic rings. The van der Waals surface area contributed by atoms with Gasteiger partial charge in [0, 0.05) is 17.8 Å². The van der Waals surface area contributed by atoms with Crippen LogP contribution >= 0.6 is 11.6 Å². The Kier molecular flexibility index (Phi) is 3.49. The smallest absolute Gasteiger partial charge is 0.139 e. The normalized spacial score (nSPS) is 10.2. The summed E-state index contributed by atoms with van der Waals surface area (Å²) in [6, 6.07) is 11.3. The molecule has 17 heavy (non-hydrogen) atoms. The Hall–Kier alpha value is -1.74. The molecule has 2 N–H and O–H groups in total. The highest BCUT2D eigenvalue weighted by atomic mass is 35.5. The summed E-state index contributed by atoms with van der Waals surface area (Å²) in [6.07, 6.45) is 0. The maximum Gasteiger partial charge on any atom is 0.139 e. The first kappa shape index (κ1) is 11.7. The standard InChI is InChI=1S/C13H11ClFNO/c14-12-6-1-3-9(13(12)17)8-16-11-5-2-4-10(15)7-11/h1-7,16-17H,8H2. The van der Waals surface area contributed by atoms with Crippen LogP contribution in [0.5, 0.6) is 5.75 Å². The number of benzene rings is 2. The SMILES string of the molecule is Oc1c(Cl)cccc1CNc1cccc(F)c1. The third kappa shape index (κ3) is 2.88. The molecule has 2 aromatic carbocycles. The van der Waals surface area contributed by atoms with Gasteiger partial charge < -0.3 is 10.4 Å². The van der Waals surface area contributed by atoms with Gasteiger partial charge in [-0.1, -0.05) is 29.8 Å². The van der Waals surface area contributed by atoms with Crippen LogP contribution in [0, 0.1) is 5.82 Å². The first-order chi connectivity index (χ1) is 8.16. The van der Waals surface area contributed by atoms with Gasteiger partial charge >= 0.3 is 0 Å². The quantitative estimate of drug-likeness (QED) is 0.870. The van der Waals surface area contributed by atoms with Crippen molar-refractivity contribution in [1.82, 2.24) is 0 Å². The zero-order valence-corrected chi connectivity index (χ0v) is 9.71. The number of hydrogen-bond acceptors (Lipinski definition) is 2. The minimum atomic E-state index is -0.301. The Labute approximate surface area is 104 Å². The molecule has 0 aliphatic rings. The third-order valence-electron chi connectivity index (χ3n) is 2.38. The van der Waals surface area contributed by atoms with Crippen LogP contribution in [0.2, 0.25) is 5.02 Å². The summed E-state index contributed by atoms with van der Waals surface area (Å²) in [7, 11) is 0. The molecule has 0 saturated heterocycles. The molecular weight excluding hydrogens is 241 g/mol. The van der Waals surface area contributed by atoms with E-state index < -0.39 is 0 Å². The van der Waals surface area contributed by atoms with E-state index in [-0.39, 0.29) is 11.6 Å². The van der Waals surface area contributed by atoms with Gasteiger partial charge in [-0.25, -0.2) is 4.39 Å². The first-order valence-corrected chi connectivity index (χ1v) is 5.50. The number of nitrogens with one attached hydrogen (secondary N) is 1. The molecule has 0 spiro atoms. The van der Waals surface area contributed by atoms with Gasteiger partial charge in [0.05, 0.1) is 5.02 Å². The molecule has 0 aromatic heterocycles. The summed E-state index contributed by atoms with van der Waals surface area (Å²) in [4.78, 5) is 0. The lowest BCUT2D eigenvalue weighted by Gasteiger charge is -2.08. The van der Waals surface area contributed by atoms with Crippen LogP contribution in [0.3, 0.4) is 0 Å². The van der Waals surface area contributed by atoms with Crippen molar-refractivity contribution >= 4 is 17.3 Å². The minimum absolute atomic E-state index is 0.0538. The summed E-state index contributed by atoms with van der Waals surface area (Å²) >= 11 is 5.78. The van der Waals surface area contributed by atoms with E-state index in [4.69, 9.17) is 11.6 Å². The maximum atomic E-state index is 12.9. The van der Waals surface area contributed by atoms with Crippen LogP contribution in [-0.4, -0.2) is 5.11 Å². The van der Waals surface area contributed by atoms with E-state index in [2.05, 4.69) is 5.32 Å². The fourth-order valence-electron chi connectivity index (χ4n) is 1.50. The molecule has 2 nitrogen and oxygen atoms in total. The van der Waals surface area contributed by atoms with E-state index in [0.717, 1.165) is 0 Å². The van der Waals surface area contributed by atoms with E-state index in [1.54, 1.807) is 30.3 Å². The first-order valence-electron chi connectivity index (χ1n) is 5.12. The summed E-state index contributed by atoms with van der Waals surface area (Å²) in [6.45, 7) is 0.385. The predicted molar refractivity (Wildman–Crippen MR) is 66.8 cm³/mol. The number of phenolic OH excluding ortho intramolecular Hbond substituents is 1. The molecule has 0 bridgehead atoms. The number of hydrogen-bond donors (Lipinski definition) is 2. The second-order valence-electron chi connectivity index (χ2n) is 3.61. The van der Waals surface area contributed by atoms with E-state index in [9.17, 15) is 9.50 Å². The number of aromatic hydroxyl groups is 1. The zero-order chi connectivity index (χ0) is 12.3. The van der Waals surface area contributed by atoms with E-state index in [0.29, 0.717) is 22.8 Å². The van der Waals surface area contributed by atoms with Crippen LogP contribution < -0.4 is 5.32 Å². The van der Waals surface area contributed by atoms with Crippen LogP contribution in [0.1, 0.15) is 5.56 Å². The van der Waals surface area contributed by atoms with Crippen molar-refractivity contribution in [2.45, 2.75) is 6.54 Å². The largest absolute Gasteiger partial charge is 0.506 e. The van der Waals surface area contributed by atoms with Crippen molar-refractivity contribution in [1.29, 1.82) is 0 Å². The second-order valence-corrected chi connectivity index (χ2v) is 4.02. The number of para-hydroxylation sites is 1. The third-order valence-corrected chi connectivity index (χ3v) is 2.68. The van der Waals surface area contributed by atoms with Gasteiger partial charge in [-0.2, -0.15) is 0 Å². The molecule has 0 radical (unpaired) electrons. The Bertz CT molecular complexity index is 531. The van der Waals surface area contributed by atoms with Gasteiger partial charge in [0.2, 0.25) is 0 Å². The number of phenols is 1. The van der Waals surface area contributed by atoms with E-state index >= 15 is 0 Å². The Balaban J connectivity index is 2.10. The molecule has 0 aliphatic carbocycles. The average molecular weight is 252 g/mol. The lowest BCUT2D eigenvalue weighted by Crippen LogP contribution is -1.99. The zero-order valence-electron chi connectivity index (χ0n) is 8.95. The van der Waals surface area contributed by atoms with Gasteiger partial charge in [-0.05, 0) is 24.3 Å². The number of rotatable bonds is 3. The molecule has 0 heterocycles. The topological polar surface area (TPSA) is 32.3 Å². The molecule has 4 heteroatoms. The summed E-state index contributed by atoms with van der Waals surface area (Å²) < 4.78 is 12.9. The Morgan fingerprint density at radius 3 is 2.71 bits per heavy atom. The van der Waals surface area contributed by atoms with Crippen LogP contribution in [0.4, 0.5) is 10.1 Å². The highest BCUT2D eigenvalue weighted by Crippen LogP contribution is 2.27. The molecular formula is C13H11ClFNO. The van der Waals surface area contributed by atoms with Crippen molar-refractivity contribution in [3.8, 4) is 5.75 Å². The van der Waals surface area contributed by atoms with E-state index in [1.165, 1.54) is 12.1 Å². The van der Waals surface area contributed by atoms with Gasteiger partial charge in [-0.3, -0.25) is 0 Å². The molecule has 0 aliphatic heterocycles. The van der Waals surface area contributed by atoms with E-state index in [1.807, 2.05) is 0 Å².